The molecule has 0 aliphatic rings. The Hall–Kier alpha value is -1.71. The van der Waals surface area contributed by atoms with Gasteiger partial charge >= 0.3 is 0 Å². The van der Waals surface area contributed by atoms with Crippen molar-refractivity contribution >= 4 is 35.2 Å². The summed E-state index contributed by atoms with van der Waals surface area (Å²) in [6, 6.07) is 8.88. The van der Waals surface area contributed by atoms with Gasteiger partial charge < -0.3 is 9.73 Å². The molecule has 0 fully saturated rings. The third kappa shape index (κ3) is 4.44. The van der Waals surface area contributed by atoms with Gasteiger partial charge in [0, 0.05) is 19.0 Å². The molecule has 1 heterocycles. The third-order valence-electron chi connectivity index (χ3n) is 2.62. The molecule has 2 rings (SSSR count). The van der Waals surface area contributed by atoms with E-state index in [1.807, 2.05) is 12.1 Å². The van der Waals surface area contributed by atoms with Crippen LogP contribution in [-0.4, -0.2) is 12.5 Å². The van der Waals surface area contributed by atoms with Crippen LogP contribution in [0.25, 0.3) is 6.08 Å². The zero-order valence-electron chi connectivity index (χ0n) is 10.6. The van der Waals surface area contributed by atoms with Crippen LogP contribution < -0.4 is 5.32 Å². The summed E-state index contributed by atoms with van der Waals surface area (Å²) in [7, 11) is 0. The molecule has 0 saturated heterocycles. The minimum atomic E-state index is -0.164. The van der Waals surface area contributed by atoms with E-state index in [1.54, 1.807) is 30.5 Å². The lowest BCUT2D eigenvalue weighted by molar-refractivity contribution is -0.116. The number of benzene rings is 1. The molecular weight excluding hydrogens is 297 g/mol. The van der Waals surface area contributed by atoms with E-state index in [0.717, 1.165) is 11.3 Å². The molecule has 0 unspecified atom stereocenters. The van der Waals surface area contributed by atoms with Crippen molar-refractivity contribution in [3.05, 3.63) is 64.0 Å². The molecule has 0 atom stereocenters. The number of nitrogens with one attached hydrogen (secondary N) is 1. The van der Waals surface area contributed by atoms with Gasteiger partial charge in [-0.25, -0.2) is 0 Å². The monoisotopic (exact) mass is 309 g/mol. The van der Waals surface area contributed by atoms with Crippen LogP contribution in [0.4, 0.5) is 0 Å². The van der Waals surface area contributed by atoms with E-state index >= 15 is 0 Å². The summed E-state index contributed by atoms with van der Waals surface area (Å²) in [4.78, 5) is 11.6. The highest BCUT2D eigenvalue weighted by molar-refractivity contribution is 6.42. The van der Waals surface area contributed by atoms with Gasteiger partial charge in [0.05, 0.1) is 16.3 Å². The number of hydrogen-bond donors (Lipinski definition) is 1. The van der Waals surface area contributed by atoms with Gasteiger partial charge in [0.25, 0.3) is 0 Å². The van der Waals surface area contributed by atoms with Gasteiger partial charge in [-0.2, -0.15) is 0 Å². The topological polar surface area (TPSA) is 42.2 Å². The van der Waals surface area contributed by atoms with Crippen molar-refractivity contribution in [3.63, 3.8) is 0 Å². The zero-order valence-corrected chi connectivity index (χ0v) is 12.1. The maximum Gasteiger partial charge on any atom is 0.244 e. The molecule has 0 radical (unpaired) electrons. The Morgan fingerprint density at radius 1 is 1.25 bits per heavy atom. The normalized spacial score (nSPS) is 10.9. The van der Waals surface area contributed by atoms with Gasteiger partial charge in [0.2, 0.25) is 5.91 Å². The largest absolute Gasteiger partial charge is 0.469 e. The van der Waals surface area contributed by atoms with E-state index in [1.165, 1.54) is 6.08 Å². The second kappa shape index (κ2) is 7.17. The first-order chi connectivity index (χ1) is 9.65. The van der Waals surface area contributed by atoms with Gasteiger partial charge in [-0.3, -0.25) is 4.79 Å². The fourth-order valence-electron chi connectivity index (χ4n) is 1.61. The number of carbonyl (C=O) groups excluding carboxylic acids is 1. The van der Waals surface area contributed by atoms with Gasteiger partial charge in [-0.05, 0) is 35.9 Å². The van der Waals surface area contributed by atoms with Crippen LogP contribution in [-0.2, 0) is 11.2 Å². The fraction of sp³-hybridized carbons (Fsp3) is 0.133. The molecule has 0 saturated carbocycles. The zero-order chi connectivity index (χ0) is 14.4. The van der Waals surface area contributed by atoms with Crippen LogP contribution in [0.15, 0.2) is 47.1 Å². The van der Waals surface area contributed by atoms with Crippen molar-refractivity contribution in [2.75, 3.05) is 6.54 Å². The van der Waals surface area contributed by atoms with E-state index in [-0.39, 0.29) is 5.91 Å². The van der Waals surface area contributed by atoms with Crippen LogP contribution in [0.5, 0.6) is 0 Å². The summed E-state index contributed by atoms with van der Waals surface area (Å²) in [5.41, 5.74) is 0.820. The van der Waals surface area contributed by atoms with Gasteiger partial charge in [0.15, 0.2) is 0 Å². The molecule has 104 valence electrons. The highest BCUT2D eigenvalue weighted by Gasteiger charge is 1.99. The number of halogens is 2. The number of amides is 1. The molecule has 0 spiro atoms. The SMILES string of the molecule is O=C(/C=C/c1ccc(Cl)c(Cl)c1)NCCc1ccco1. The first-order valence-electron chi connectivity index (χ1n) is 6.08. The maximum absolute atomic E-state index is 11.6. The van der Waals surface area contributed by atoms with Crippen LogP contribution in [0, 0.1) is 0 Å². The Labute approximate surface area is 127 Å². The standard InChI is InChI=1S/C15H13Cl2NO2/c16-13-5-3-11(10-14(13)17)4-6-15(19)18-8-7-12-2-1-9-20-12/h1-6,9-10H,7-8H2,(H,18,19)/b6-4+. The minimum Gasteiger partial charge on any atom is -0.469 e. The van der Waals surface area contributed by atoms with Crippen molar-refractivity contribution in [1.29, 1.82) is 0 Å². The molecule has 1 amide bonds. The fourth-order valence-corrected chi connectivity index (χ4v) is 1.92. The van der Waals surface area contributed by atoms with Crippen molar-refractivity contribution in [3.8, 4) is 0 Å². The molecule has 1 aromatic heterocycles. The third-order valence-corrected chi connectivity index (χ3v) is 3.36. The van der Waals surface area contributed by atoms with E-state index in [0.29, 0.717) is 23.0 Å². The molecule has 0 aliphatic heterocycles. The Kier molecular flexibility index (Phi) is 5.27. The Morgan fingerprint density at radius 3 is 2.80 bits per heavy atom. The van der Waals surface area contributed by atoms with Crippen molar-refractivity contribution in [2.24, 2.45) is 0 Å². The van der Waals surface area contributed by atoms with Crippen LogP contribution >= 0.6 is 23.2 Å². The van der Waals surface area contributed by atoms with E-state index in [4.69, 9.17) is 27.6 Å². The van der Waals surface area contributed by atoms with E-state index < -0.39 is 0 Å². The summed E-state index contributed by atoms with van der Waals surface area (Å²) in [5.74, 6) is 0.682. The predicted octanol–water partition coefficient (Wildman–Crippen LogP) is 3.96. The Bertz CT molecular complexity index is 606. The Balaban J connectivity index is 1.81. The first kappa shape index (κ1) is 14.7. The predicted molar refractivity (Wildman–Crippen MR) is 80.9 cm³/mol. The maximum atomic E-state index is 11.6. The highest BCUT2D eigenvalue weighted by atomic mass is 35.5. The smallest absolute Gasteiger partial charge is 0.244 e. The molecule has 0 aliphatic carbocycles. The van der Waals surface area contributed by atoms with E-state index in [9.17, 15) is 4.79 Å². The van der Waals surface area contributed by atoms with Crippen LogP contribution in [0.1, 0.15) is 11.3 Å². The van der Waals surface area contributed by atoms with Gasteiger partial charge in [-0.15, -0.1) is 0 Å². The average Bonchev–Trinajstić information content (AvgIpc) is 2.93. The van der Waals surface area contributed by atoms with Gasteiger partial charge in [-0.1, -0.05) is 29.3 Å². The van der Waals surface area contributed by atoms with Crippen molar-refractivity contribution in [2.45, 2.75) is 6.42 Å². The summed E-state index contributed by atoms with van der Waals surface area (Å²) in [6.45, 7) is 0.526. The highest BCUT2D eigenvalue weighted by Crippen LogP contribution is 2.22. The molecule has 1 aromatic carbocycles. The summed E-state index contributed by atoms with van der Waals surface area (Å²) < 4.78 is 5.17. The van der Waals surface area contributed by atoms with Crippen LogP contribution in [0.2, 0.25) is 10.0 Å². The minimum absolute atomic E-state index is 0.164. The second-order valence-electron chi connectivity index (χ2n) is 4.13. The second-order valence-corrected chi connectivity index (χ2v) is 4.94. The molecule has 5 heteroatoms. The molecule has 20 heavy (non-hydrogen) atoms. The lowest BCUT2D eigenvalue weighted by atomic mass is 10.2. The number of hydrogen-bond acceptors (Lipinski definition) is 2. The summed E-state index contributed by atoms with van der Waals surface area (Å²) in [6.07, 6.45) is 5.42. The average molecular weight is 310 g/mol. The number of furan rings is 1. The van der Waals surface area contributed by atoms with Crippen molar-refractivity contribution in [1.82, 2.24) is 5.32 Å². The van der Waals surface area contributed by atoms with Crippen molar-refractivity contribution < 1.29 is 9.21 Å². The van der Waals surface area contributed by atoms with Gasteiger partial charge in [0.1, 0.15) is 5.76 Å². The summed E-state index contributed by atoms with van der Waals surface area (Å²) in [5, 5.41) is 3.73. The lowest BCUT2D eigenvalue weighted by Crippen LogP contribution is -2.23. The number of carbonyl (C=O) groups is 1. The first-order valence-corrected chi connectivity index (χ1v) is 6.84. The van der Waals surface area contributed by atoms with E-state index in [2.05, 4.69) is 5.32 Å². The van der Waals surface area contributed by atoms with Crippen LogP contribution in [0.3, 0.4) is 0 Å². The molecule has 1 N–H and O–H groups in total. The molecule has 2 aromatic rings. The number of rotatable bonds is 5. The Morgan fingerprint density at radius 2 is 2.10 bits per heavy atom. The lowest BCUT2D eigenvalue weighted by Gasteiger charge is -2.00. The molecule has 0 bridgehead atoms. The molecular formula is C15H13Cl2NO2. The molecule has 3 nitrogen and oxygen atoms in total. The summed E-state index contributed by atoms with van der Waals surface area (Å²) >= 11 is 11.7. The quantitative estimate of drug-likeness (QED) is 0.849.